The Morgan fingerprint density at radius 3 is 2.52 bits per heavy atom. The van der Waals surface area contributed by atoms with Crippen molar-refractivity contribution < 1.29 is 14.0 Å². The van der Waals surface area contributed by atoms with Crippen molar-refractivity contribution in [3.63, 3.8) is 0 Å². The smallest absolute Gasteiger partial charge is 0.246 e. The lowest BCUT2D eigenvalue weighted by Gasteiger charge is -2.43. The fourth-order valence-electron chi connectivity index (χ4n) is 3.20. The van der Waals surface area contributed by atoms with Gasteiger partial charge in [0.15, 0.2) is 0 Å². The maximum absolute atomic E-state index is 12.9. The normalized spacial score (nSPS) is 27.9. The van der Waals surface area contributed by atoms with Gasteiger partial charge in [0.2, 0.25) is 11.8 Å². The van der Waals surface area contributed by atoms with Gasteiger partial charge in [-0.2, -0.15) is 0 Å². The SMILES string of the molecule is CC(C)C1C(=O)NC(C2CC2)C(=O)N1C(C)c1ccco1. The van der Waals surface area contributed by atoms with Crippen LogP contribution < -0.4 is 5.32 Å². The van der Waals surface area contributed by atoms with E-state index in [9.17, 15) is 9.59 Å². The highest BCUT2D eigenvalue weighted by Crippen LogP contribution is 2.38. The fraction of sp³-hybridized carbons (Fsp3) is 0.625. The molecule has 3 atom stereocenters. The van der Waals surface area contributed by atoms with Crippen LogP contribution in [0, 0.1) is 11.8 Å². The van der Waals surface area contributed by atoms with Gasteiger partial charge in [-0.15, -0.1) is 0 Å². The summed E-state index contributed by atoms with van der Waals surface area (Å²) in [6, 6.07) is 2.64. The number of piperazine rings is 1. The minimum Gasteiger partial charge on any atom is -0.467 e. The Labute approximate surface area is 124 Å². The zero-order chi connectivity index (χ0) is 15.1. The minimum atomic E-state index is -0.437. The first kappa shape index (κ1) is 14.2. The molecular formula is C16H22N2O3. The third-order valence-electron chi connectivity index (χ3n) is 4.48. The van der Waals surface area contributed by atoms with Gasteiger partial charge in [0.25, 0.3) is 0 Å². The van der Waals surface area contributed by atoms with E-state index >= 15 is 0 Å². The largest absolute Gasteiger partial charge is 0.467 e. The number of hydrogen-bond donors (Lipinski definition) is 1. The van der Waals surface area contributed by atoms with E-state index in [2.05, 4.69) is 5.32 Å². The van der Waals surface area contributed by atoms with E-state index in [4.69, 9.17) is 4.42 Å². The molecule has 5 heteroatoms. The number of carbonyl (C=O) groups excluding carboxylic acids is 2. The topological polar surface area (TPSA) is 62.6 Å². The van der Waals surface area contributed by atoms with Crippen molar-refractivity contribution in [2.75, 3.05) is 0 Å². The number of amides is 2. The average Bonchev–Trinajstić information content (AvgIpc) is 3.13. The van der Waals surface area contributed by atoms with Crippen LogP contribution in [0.25, 0.3) is 0 Å². The molecule has 1 saturated heterocycles. The van der Waals surface area contributed by atoms with Crippen LogP contribution in [0.1, 0.15) is 45.4 Å². The van der Waals surface area contributed by atoms with Crippen molar-refractivity contribution in [2.45, 2.75) is 51.7 Å². The minimum absolute atomic E-state index is 0.0275. The zero-order valence-corrected chi connectivity index (χ0v) is 12.7. The Kier molecular flexibility index (Phi) is 3.51. The molecule has 1 saturated carbocycles. The van der Waals surface area contributed by atoms with Gasteiger partial charge < -0.3 is 14.6 Å². The first-order valence-corrected chi connectivity index (χ1v) is 7.66. The van der Waals surface area contributed by atoms with Crippen LogP contribution in [0.4, 0.5) is 0 Å². The van der Waals surface area contributed by atoms with Crippen molar-refractivity contribution in [1.82, 2.24) is 10.2 Å². The summed E-state index contributed by atoms with van der Waals surface area (Å²) in [5.41, 5.74) is 0. The Bertz CT molecular complexity index is 534. The van der Waals surface area contributed by atoms with E-state index in [1.165, 1.54) is 0 Å². The predicted octanol–water partition coefficient (Wildman–Crippen LogP) is 2.10. The van der Waals surface area contributed by atoms with Crippen molar-refractivity contribution in [1.29, 1.82) is 0 Å². The summed E-state index contributed by atoms with van der Waals surface area (Å²) >= 11 is 0. The molecule has 0 radical (unpaired) electrons. The Hall–Kier alpha value is -1.78. The molecule has 0 bridgehead atoms. The second kappa shape index (κ2) is 5.20. The van der Waals surface area contributed by atoms with Crippen molar-refractivity contribution in [3.05, 3.63) is 24.2 Å². The molecular weight excluding hydrogens is 268 g/mol. The van der Waals surface area contributed by atoms with Gasteiger partial charge in [-0.3, -0.25) is 9.59 Å². The van der Waals surface area contributed by atoms with Crippen molar-refractivity contribution in [2.24, 2.45) is 11.8 Å². The van der Waals surface area contributed by atoms with E-state index in [1.807, 2.05) is 32.9 Å². The Morgan fingerprint density at radius 1 is 1.29 bits per heavy atom. The van der Waals surface area contributed by atoms with Crippen molar-refractivity contribution in [3.8, 4) is 0 Å². The first-order chi connectivity index (χ1) is 10.0. The van der Waals surface area contributed by atoms with E-state index in [-0.39, 0.29) is 29.8 Å². The highest BCUT2D eigenvalue weighted by atomic mass is 16.3. The standard InChI is InChI=1S/C16H22N2O3/c1-9(2)14-15(19)17-13(11-6-7-11)16(20)18(14)10(3)12-5-4-8-21-12/h4-5,8-11,13-14H,6-7H2,1-3H3,(H,17,19). The highest BCUT2D eigenvalue weighted by Gasteiger charge is 2.49. The summed E-state index contributed by atoms with van der Waals surface area (Å²) in [6.07, 6.45) is 3.64. The summed E-state index contributed by atoms with van der Waals surface area (Å²) in [5.74, 6) is 1.07. The van der Waals surface area contributed by atoms with E-state index in [0.717, 1.165) is 18.6 Å². The van der Waals surface area contributed by atoms with E-state index < -0.39 is 6.04 Å². The molecule has 0 aromatic carbocycles. The van der Waals surface area contributed by atoms with E-state index in [1.54, 1.807) is 11.2 Å². The highest BCUT2D eigenvalue weighted by molar-refractivity contribution is 5.97. The summed E-state index contributed by atoms with van der Waals surface area (Å²) in [7, 11) is 0. The molecule has 2 fully saturated rings. The van der Waals surface area contributed by atoms with Crippen LogP contribution in [0.2, 0.25) is 0 Å². The first-order valence-electron chi connectivity index (χ1n) is 7.66. The number of carbonyl (C=O) groups is 2. The van der Waals surface area contributed by atoms with Gasteiger partial charge in [0, 0.05) is 0 Å². The molecule has 1 N–H and O–H groups in total. The molecule has 3 rings (SSSR count). The molecule has 1 aliphatic heterocycles. The molecule has 3 unspecified atom stereocenters. The van der Waals surface area contributed by atoms with Gasteiger partial charge in [0.1, 0.15) is 17.8 Å². The van der Waals surface area contributed by atoms with Gasteiger partial charge in [-0.1, -0.05) is 13.8 Å². The van der Waals surface area contributed by atoms with Crippen LogP contribution in [0.15, 0.2) is 22.8 Å². The second-order valence-electron chi connectivity index (χ2n) is 6.45. The molecule has 2 heterocycles. The number of nitrogens with one attached hydrogen (secondary N) is 1. The molecule has 1 aromatic heterocycles. The molecule has 5 nitrogen and oxygen atoms in total. The van der Waals surface area contributed by atoms with Crippen LogP contribution in [0.3, 0.4) is 0 Å². The molecule has 0 spiro atoms. The average molecular weight is 290 g/mol. The lowest BCUT2D eigenvalue weighted by atomic mass is 9.93. The maximum Gasteiger partial charge on any atom is 0.246 e. The molecule has 114 valence electrons. The lowest BCUT2D eigenvalue weighted by Crippen LogP contribution is -2.65. The lowest BCUT2D eigenvalue weighted by molar-refractivity contribution is -0.155. The van der Waals surface area contributed by atoms with Crippen LogP contribution in [0.5, 0.6) is 0 Å². The third kappa shape index (κ3) is 2.45. The predicted molar refractivity (Wildman–Crippen MR) is 77.2 cm³/mol. The molecule has 1 aromatic rings. The van der Waals surface area contributed by atoms with Gasteiger partial charge >= 0.3 is 0 Å². The van der Waals surface area contributed by atoms with Crippen LogP contribution >= 0.6 is 0 Å². The monoisotopic (exact) mass is 290 g/mol. The summed E-state index contributed by atoms with van der Waals surface area (Å²) in [5, 5.41) is 2.93. The van der Waals surface area contributed by atoms with Gasteiger partial charge in [0.05, 0.1) is 12.3 Å². The molecule has 2 aliphatic rings. The summed E-state index contributed by atoms with van der Waals surface area (Å²) < 4.78 is 5.45. The number of furan rings is 1. The summed E-state index contributed by atoms with van der Waals surface area (Å²) in [4.78, 5) is 27.1. The van der Waals surface area contributed by atoms with Crippen LogP contribution in [-0.2, 0) is 9.59 Å². The Balaban J connectivity index is 1.93. The maximum atomic E-state index is 12.9. The number of rotatable bonds is 4. The molecule has 21 heavy (non-hydrogen) atoms. The number of nitrogens with zero attached hydrogens (tertiary/aromatic N) is 1. The molecule has 1 aliphatic carbocycles. The van der Waals surface area contributed by atoms with Gasteiger partial charge in [-0.25, -0.2) is 0 Å². The second-order valence-corrected chi connectivity index (χ2v) is 6.45. The quantitative estimate of drug-likeness (QED) is 0.923. The van der Waals surface area contributed by atoms with E-state index in [0.29, 0.717) is 5.92 Å². The van der Waals surface area contributed by atoms with Crippen molar-refractivity contribution >= 4 is 11.8 Å². The third-order valence-corrected chi connectivity index (χ3v) is 4.48. The Morgan fingerprint density at radius 2 is 2.00 bits per heavy atom. The van der Waals surface area contributed by atoms with Crippen LogP contribution in [-0.4, -0.2) is 28.8 Å². The zero-order valence-electron chi connectivity index (χ0n) is 12.7. The number of hydrogen-bond acceptors (Lipinski definition) is 3. The summed E-state index contributed by atoms with van der Waals surface area (Å²) in [6.45, 7) is 5.86. The van der Waals surface area contributed by atoms with Gasteiger partial charge in [-0.05, 0) is 43.7 Å². The fourth-order valence-corrected chi connectivity index (χ4v) is 3.20. The molecule has 2 amide bonds.